The molecule has 3 aromatic rings. The van der Waals surface area contributed by atoms with Gasteiger partial charge in [-0.25, -0.2) is 0 Å². The fourth-order valence-corrected chi connectivity index (χ4v) is 2.75. The molecular weight excluding hydrogens is 258 g/mol. The summed E-state index contributed by atoms with van der Waals surface area (Å²) < 4.78 is 0. The second kappa shape index (κ2) is 5.94. The Hall–Kier alpha value is -2.39. The fraction of sp³-hybridized carbons (Fsp3) is 0.167. The number of hydrogen-bond acceptors (Lipinski definition) is 3. The SMILES string of the molecule is CCN(c1cccnc1CN)c1cccc2ccccc12. The lowest BCUT2D eigenvalue weighted by atomic mass is 10.1. The molecule has 0 spiro atoms. The number of hydrogen-bond donors (Lipinski definition) is 1. The first-order valence-corrected chi connectivity index (χ1v) is 7.24. The van der Waals surface area contributed by atoms with Crippen LogP contribution in [0.25, 0.3) is 10.8 Å². The number of nitrogens with zero attached hydrogens (tertiary/aromatic N) is 2. The van der Waals surface area contributed by atoms with E-state index in [2.05, 4.69) is 65.3 Å². The quantitative estimate of drug-likeness (QED) is 0.787. The molecule has 3 nitrogen and oxygen atoms in total. The topological polar surface area (TPSA) is 42.2 Å². The lowest BCUT2D eigenvalue weighted by Crippen LogP contribution is -2.19. The van der Waals surface area contributed by atoms with Crippen molar-refractivity contribution in [3.63, 3.8) is 0 Å². The standard InChI is InChI=1S/C18H19N3/c1-2-21(18-11-6-12-20-16(18)13-19)17-10-5-8-14-7-3-4-9-15(14)17/h3-12H,2,13,19H2,1H3. The zero-order valence-corrected chi connectivity index (χ0v) is 12.2. The van der Waals surface area contributed by atoms with Crippen LogP contribution in [0.5, 0.6) is 0 Å². The lowest BCUT2D eigenvalue weighted by molar-refractivity contribution is 0.943. The van der Waals surface area contributed by atoms with Gasteiger partial charge in [0.2, 0.25) is 0 Å². The van der Waals surface area contributed by atoms with Crippen LogP contribution in [0.2, 0.25) is 0 Å². The molecular formula is C18H19N3. The predicted octanol–water partition coefficient (Wildman–Crippen LogP) is 3.85. The summed E-state index contributed by atoms with van der Waals surface area (Å²) in [5, 5.41) is 2.49. The summed E-state index contributed by atoms with van der Waals surface area (Å²) in [5.74, 6) is 0. The van der Waals surface area contributed by atoms with Gasteiger partial charge in [0, 0.05) is 30.4 Å². The molecule has 0 saturated carbocycles. The maximum atomic E-state index is 5.84. The summed E-state index contributed by atoms with van der Waals surface area (Å²) in [6.07, 6.45) is 1.79. The van der Waals surface area contributed by atoms with Crippen molar-refractivity contribution in [1.82, 2.24) is 4.98 Å². The highest BCUT2D eigenvalue weighted by molar-refractivity contribution is 5.96. The maximum absolute atomic E-state index is 5.84. The highest BCUT2D eigenvalue weighted by Gasteiger charge is 2.13. The minimum atomic E-state index is 0.442. The Bertz CT molecular complexity index is 747. The van der Waals surface area contributed by atoms with Gasteiger partial charge in [-0.05, 0) is 30.5 Å². The number of anilines is 2. The molecule has 0 bridgehead atoms. The first-order chi connectivity index (χ1) is 10.3. The van der Waals surface area contributed by atoms with Crippen molar-refractivity contribution >= 4 is 22.1 Å². The van der Waals surface area contributed by atoms with Crippen LogP contribution in [0.3, 0.4) is 0 Å². The van der Waals surface area contributed by atoms with Crippen molar-refractivity contribution in [1.29, 1.82) is 0 Å². The molecule has 0 aliphatic rings. The van der Waals surface area contributed by atoms with Gasteiger partial charge < -0.3 is 10.6 Å². The molecule has 1 aromatic heterocycles. The minimum Gasteiger partial charge on any atom is -0.340 e. The summed E-state index contributed by atoms with van der Waals surface area (Å²) in [4.78, 5) is 6.68. The van der Waals surface area contributed by atoms with Gasteiger partial charge in [0.05, 0.1) is 11.4 Å². The molecule has 3 heteroatoms. The summed E-state index contributed by atoms with van der Waals surface area (Å²) >= 11 is 0. The van der Waals surface area contributed by atoms with Crippen LogP contribution in [0, 0.1) is 0 Å². The van der Waals surface area contributed by atoms with Crippen molar-refractivity contribution < 1.29 is 0 Å². The number of pyridine rings is 1. The Balaban J connectivity index is 2.19. The molecule has 21 heavy (non-hydrogen) atoms. The number of fused-ring (bicyclic) bond motifs is 1. The molecule has 0 aliphatic carbocycles. The van der Waals surface area contributed by atoms with Gasteiger partial charge in [-0.3, -0.25) is 4.98 Å². The Labute approximate surface area is 125 Å². The Morgan fingerprint density at radius 1 is 0.952 bits per heavy atom. The monoisotopic (exact) mass is 277 g/mol. The second-order valence-electron chi connectivity index (χ2n) is 4.92. The normalized spacial score (nSPS) is 10.8. The van der Waals surface area contributed by atoms with E-state index in [1.54, 1.807) is 6.20 Å². The molecule has 106 valence electrons. The Morgan fingerprint density at radius 3 is 2.52 bits per heavy atom. The van der Waals surface area contributed by atoms with Crippen molar-refractivity contribution in [2.75, 3.05) is 11.4 Å². The van der Waals surface area contributed by atoms with E-state index in [0.29, 0.717) is 6.54 Å². The third-order valence-electron chi connectivity index (χ3n) is 3.72. The van der Waals surface area contributed by atoms with Crippen LogP contribution < -0.4 is 10.6 Å². The summed E-state index contributed by atoms with van der Waals surface area (Å²) in [7, 11) is 0. The largest absolute Gasteiger partial charge is 0.340 e. The van der Waals surface area contributed by atoms with E-state index in [4.69, 9.17) is 5.73 Å². The molecule has 1 heterocycles. The summed E-state index contributed by atoms with van der Waals surface area (Å²) in [6, 6.07) is 18.9. The average molecular weight is 277 g/mol. The molecule has 0 radical (unpaired) electrons. The Kier molecular flexibility index (Phi) is 3.84. The van der Waals surface area contributed by atoms with Crippen LogP contribution in [-0.2, 0) is 6.54 Å². The van der Waals surface area contributed by atoms with E-state index in [1.807, 2.05) is 6.07 Å². The fourth-order valence-electron chi connectivity index (χ4n) is 2.75. The highest BCUT2D eigenvalue weighted by Crippen LogP contribution is 2.33. The van der Waals surface area contributed by atoms with Gasteiger partial charge >= 0.3 is 0 Å². The van der Waals surface area contributed by atoms with Crippen molar-refractivity contribution in [3.8, 4) is 0 Å². The van der Waals surface area contributed by atoms with Crippen LogP contribution in [0.1, 0.15) is 12.6 Å². The van der Waals surface area contributed by atoms with Crippen molar-refractivity contribution in [3.05, 3.63) is 66.5 Å². The minimum absolute atomic E-state index is 0.442. The smallest absolute Gasteiger partial charge is 0.0775 e. The first-order valence-electron chi connectivity index (χ1n) is 7.24. The molecule has 2 N–H and O–H groups in total. The van der Waals surface area contributed by atoms with E-state index in [-0.39, 0.29) is 0 Å². The van der Waals surface area contributed by atoms with E-state index in [9.17, 15) is 0 Å². The van der Waals surface area contributed by atoms with Gasteiger partial charge in [0.25, 0.3) is 0 Å². The number of benzene rings is 2. The van der Waals surface area contributed by atoms with E-state index >= 15 is 0 Å². The molecule has 0 fully saturated rings. The Morgan fingerprint density at radius 2 is 1.71 bits per heavy atom. The van der Waals surface area contributed by atoms with Crippen LogP contribution in [0.15, 0.2) is 60.8 Å². The second-order valence-corrected chi connectivity index (χ2v) is 4.92. The lowest BCUT2D eigenvalue weighted by Gasteiger charge is -2.26. The number of rotatable bonds is 4. The van der Waals surface area contributed by atoms with Crippen LogP contribution in [-0.4, -0.2) is 11.5 Å². The molecule has 3 rings (SSSR count). The average Bonchev–Trinajstić information content (AvgIpc) is 2.56. The third kappa shape index (κ3) is 2.48. The number of nitrogens with two attached hydrogens (primary N) is 1. The van der Waals surface area contributed by atoms with E-state index in [1.165, 1.54) is 16.5 Å². The van der Waals surface area contributed by atoms with Gasteiger partial charge in [-0.2, -0.15) is 0 Å². The van der Waals surface area contributed by atoms with Gasteiger partial charge in [0.15, 0.2) is 0 Å². The first kappa shape index (κ1) is 13.6. The van der Waals surface area contributed by atoms with E-state index < -0.39 is 0 Å². The zero-order valence-electron chi connectivity index (χ0n) is 12.2. The molecule has 2 aromatic carbocycles. The van der Waals surface area contributed by atoms with E-state index in [0.717, 1.165) is 17.9 Å². The summed E-state index contributed by atoms with van der Waals surface area (Å²) in [5.41, 5.74) is 9.04. The maximum Gasteiger partial charge on any atom is 0.0775 e. The van der Waals surface area contributed by atoms with Gasteiger partial charge in [-0.1, -0.05) is 36.4 Å². The molecule has 0 aliphatic heterocycles. The van der Waals surface area contributed by atoms with Gasteiger partial charge in [0.1, 0.15) is 0 Å². The van der Waals surface area contributed by atoms with Crippen molar-refractivity contribution in [2.24, 2.45) is 5.73 Å². The molecule has 0 unspecified atom stereocenters. The van der Waals surface area contributed by atoms with Crippen LogP contribution >= 0.6 is 0 Å². The number of aromatic nitrogens is 1. The molecule has 0 saturated heterocycles. The van der Waals surface area contributed by atoms with Crippen LogP contribution in [0.4, 0.5) is 11.4 Å². The third-order valence-corrected chi connectivity index (χ3v) is 3.72. The predicted molar refractivity (Wildman–Crippen MR) is 88.8 cm³/mol. The molecule has 0 amide bonds. The zero-order chi connectivity index (χ0) is 14.7. The van der Waals surface area contributed by atoms with Gasteiger partial charge in [-0.15, -0.1) is 0 Å². The van der Waals surface area contributed by atoms with Crippen molar-refractivity contribution in [2.45, 2.75) is 13.5 Å². The summed E-state index contributed by atoms with van der Waals surface area (Å²) in [6.45, 7) is 3.46. The molecule has 0 atom stereocenters. The highest BCUT2D eigenvalue weighted by atomic mass is 15.1.